The van der Waals surface area contributed by atoms with Gasteiger partial charge in [-0.3, -0.25) is 0 Å². The largest absolute Gasteiger partial charge is 0.313 e. The smallest absolute Gasteiger partial charge is 0.0128 e. The van der Waals surface area contributed by atoms with Crippen molar-refractivity contribution in [3.8, 4) is 0 Å². The van der Waals surface area contributed by atoms with Gasteiger partial charge in [-0.15, -0.1) is 11.3 Å². The van der Waals surface area contributed by atoms with E-state index in [1.54, 1.807) is 0 Å². The van der Waals surface area contributed by atoms with Crippen molar-refractivity contribution >= 4 is 11.3 Å². The van der Waals surface area contributed by atoms with E-state index in [0.29, 0.717) is 11.5 Å². The molecule has 0 saturated carbocycles. The summed E-state index contributed by atoms with van der Waals surface area (Å²) in [6.45, 7) is 12.7. The molecule has 1 aromatic rings. The Labute approximate surface area is 129 Å². The summed E-state index contributed by atoms with van der Waals surface area (Å²) in [5.74, 6) is 0. The predicted molar refractivity (Wildman–Crippen MR) is 91.7 cm³/mol. The molecule has 3 heteroatoms. The molecule has 1 aromatic heterocycles. The van der Waals surface area contributed by atoms with E-state index in [4.69, 9.17) is 0 Å². The maximum absolute atomic E-state index is 3.71. The van der Waals surface area contributed by atoms with Gasteiger partial charge in [0.25, 0.3) is 0 Å². The highest BCUT2D eigenvalue weighted by molar-refractivity contribution is 7.09. The van der Waals surface area contributed by atoms with Crippen LogP contribution in [0.25, 0.3) is 0 Å². The molecule has 0 aliphatic heterocycles. The molecule has 0 radical (unpaired) electrons. The molecule has 20 heavy (non-hydrogen) atoms. The van der Waals surface area contributed by atoms with Gasteiger partial charge in [-0.05, 0) is 56.3 Å². The monoisotopic (exact) mass is 296 g/mol. The van der Waals surface area contributed by atoms with E-state index in [1.165, 1.54) is 30.7 Å². The third kappa shape index (κ3) is 6.87. The van der Waals surface area contributed by atoms with E-state index in [-0.39, 0.29) is 0 Å². The van der Waals surface area contributed by atoms with E-state index in [9.17, 15) is 0 Å². The maximum atomic E-state index is 3.71. The average molecular weight is 297 g/mol. The van der Waals surface area contributed by atoms with E-state index >= 15 is 0 Å². The number of rotatable bonds is 9. The summed E-state index contributed by atoms with van der Waals surface area (Å²) in [4.78, 5) is 3.96. The number of likely N-dealkylation sites (N-methyl/N-ethyl adjacent to an activating group) is 1. The molecular weight excluding hydrogens is 264 g/mol. The number of hydrogen-bond acceptors (Lipinski definition) is 3. The molecule has 1 unspecified atom stereocenters. The van der Waals surface area contributed by atoms with Gasteiger partial charge in [-0.25, -0.2) is 0 Å². The van der Waals surface area contributed by atoms with Crippen LogP contribution in [0.5, 0.6) is 0 Å². The number of nitrogens with zero attached hydrogens (tertiary/aromatic N) is 1. The second-order valence-electron chi connectivity index (χ2n) is 6.79. The average Bonchev–Trinajstić information content (AvgIpc) is 2.88. The molecule has 0 bridgehead atoms. The van der Waals surface area contributed by atoms with Gasteiger partial charge >= 0.3 is 0 Å². The minimum Gasteiger partial charge on any atom is -0.313 e. The van der Waals surface area contributed by atoms with Crippen LogP contribution in [0.4, 0.5) is 0 Å². The zero-order valence-electron chi connectivity index (χ0n) is 13.9. The minimum atomic E-state index is 0.337. The second-order valence-corrected chi connectivity index (χ2v) is 7.83. The first-order valence-corrected chi connectivity index (χ1v) is 8.75. The van der Waals surface area contributed by atoms with Crippen molar-refractivity contribution in [1.29, 1.82) is 0 Å². The van der Waals surface area contributed by atoms with E-state index < -0.39 is 0 Å². The normalized spacial score (nSPS) is 13.9. The van der Waals surface area contributed by atoms with E-state index in [2.05, 4.69) is 62.5 Å². The predicted octanol–water partition coefficient (Wildman–Crippen LogP) is 4.03. The van der Waals surface area contributed by atoms with Crippen LogP contribution < -0.4 is 5.32 Å². The van der Waals surface area contributed by atoms with E-state index in [0.717, 1.165) is 13.1 Å². The molecule has 0 spiro atoms. The van der Waals surface area contributed by atoms with Crippen LogP contribution in [-0.2, 0) is 6.42 Å². The fraction of sp³-hybridized carbons (Fsp3) is 0.765. The molecule has 1 N–H and O–H groups in total. The summed E-state index contributed by atoms with van der Waals surface area (Å²) >= 11 is 1.87. The summed E-state index contributed by atoms with van der Waals surface area (Å²) in [5.41, 5.74) is 0.337. The molecule has 1 atom stereocenters. The van der Waals surface area contributed by atoms with Crippen molar-refractivity contribution in [2.24, 2.45) is 5.41 Å². The van der Waals surface area contributed by atoms with Crippen LogP contribution in [0.3, 0.4) is 0 Å². The van der Waals surface area contributed by atoms with Crippen LogP contribution in [0.2, 0.25) is 0 Å². The SMILES string of the molecule is CCCNC(CCN(C)CCc1cccs1)C(C)(C)C. The van der Waals surface area contributed by atoms with Crippen molar-refractivity contribution in [1.82, 2.24) is 10.2 Å². The second kappa shape index (κ2) is 8.81. The summed E-state index contributed by atoms with van der Waals surface area (Å²) < 4.78 is 0. The van der Waals surface area contributed by atoms with Crippen LogP contribution in [0, 0.1) is 5.41 Å². The number of nitrogens with one attached hydrogen (secondary N) is 1. The molecule has 1 heterocycles. The summed E-state index contributed by atoms with van der Waals surface area (Å²) in [5, 5.41) is 5.88. The van der Waals surface area contributed by atoms with Gasteiger partial charge < -0.3 is 10.2 Å². The lowest BCUT2D eigenvalue weighted by atomic mass is 9.84. The molecular formula is C17H32N2S. The van der Waals surface area contributed by atoms with Gasteiger partial charge in [-0.2, -0.15) is 0 Å². The summed E-state index contributed by atoms with van der Waals surface area (Å²) in [6.07, 6.45) is 3.61. The van der Waals surface area contributed by atoms with Crippen molar-refractivity contribution < 1.29 is 0 Å². The number of hydrogen-bond donors (Lipinski definition) is 1. The molecule has 1 rings (SSSR count). The maximum Gasteiger partial charge on any atom is 0.0128 e. The Morgan fingerprint density at radius 2 is 2.05 bits per heavy atom. The third-order valence-corrected chi connectivity index (χ3v) is 4.74. The van der Waals surface area contributed by atoms with Crippen LogP contribution in [-0.4, -0.2) is 37.6 Å². The fourth-order valence-corrected chi connectivity index (χ4v) is 3.08. The van der Waals surface area contributed by atoms with Crippen molar-refractivity contribution in [2.75, 3.05) is 26.7 Å². The van der Waals surface area contributed by atoms with Gasteiger partial charge in [0, 0.05) is 17.5 Å². The van der Waals surface area contributed by atoms with Crippen molar-refractivity contribution in [3.05, 3.63) is 22.4 Å². The molecule has 0 saturated heterocycles. The molecule has 2 nitrogen and oxygen atoms in total. The highest BCUT2D eigenvalue weighted by Crippen LogP contribution is 2.22. The Morgan fingerprint density at radius 1 is 1.30 bits per heavy atom. The van der Waals surface area contributed by atoms with Gasteiger partial charge in [0.1, 0.15) is 0 Å². The molecule has 0 amide bonds. The minimum absolute atomic E-state index is 0.337. The Morgan fingerprint density at radius 3 is 2.60 bits per heavy atom. The van der Waals surface area contributed by atoms with Gasteiger partial charge in [-0.1, -0.05) is 33.8 Å². The molecule has 0 aromatic carbocycles. The van der Waals surface area contributed by atoms with Crippen LogP contribution in [0.1, 0.15) is 45.4 Å². The molecule has 0 aliphatic rings. The Bertz CT molecular complexity index is 340. The molecule has 116 valence electrons. The summed E-state index contributed by atoms with van der Waals surface area (Å²) in [6, 6.07) is 4.98. The van der Waals surface area contributed by atoms with Gasteiger partial charge in [0.2, 0.25) is 0 Å². The first kappa shape index (κ1) is 17.7. The van der Waals surface area contributed by atoms with Gasteiger partial charge in [0.15, 0.2) is 0 Å². The quantitative estimate of drug-likeness (QED) is 0.740. The van der Waals surface area contributed by atoms with Crippen LogP contribution in [0.15, 0.2) is 17.5 Å². The van der Waals surface area contributed by atoms with Crippen molar-refractivity contribution in [2.45, 2.75) is 53.0 Å². The zero-order valence-corrected chi connectivity index (χ0v) is 14.7. The molecule has 0 aliphatic carbocycles. The zero-order chi connectivity index (χ0) is 15.0. The highest BCUT2D eigenvalue weighted by atomic mass is 32.1. The topological polar surface area (TPSA) is 15.3 Å². The Balaban J connectivity index is 2.30. The standard InChI is InChI=1S/C17H32N2S/c1-6-11-18-16(17(2,3)4)10-13-19(5)12-9-15-8-7-14-20-15/h7-8,14,16,18H,6,9-13H2,1-5H3. The van der Waals surface area contributed by atoms with Crippen LogP contribution >= 0.6 is 11.3 Å². The number of thiophene rings is 1. The first-order valence-electron chi connectivity index (χ1n) is 7.87. The Hall–Kier alpha value is -0.380. The lowest BCUT2D eigenvalue weighted by Crippen LogP contribution is -2.43. The van der Waals surface area contributed by atoms with Crippen molar-refractivity contribution in [3.63, 3.8) is 0 Å². The fourth-order valence-electron chi connectivity index (χ4n) is 2.38. The lowest BCUT2D eigenvalue weighted by Gasteiger charge is -2.33. The Kier molecular flexibility index (Phi) is 7.78. The lowest BCUT2D eigenvalue weighted by molar-refractivity contribution is 0.222. The molecule has 0 fully saturated rings. The third-order valence-electron chi connectivity index (χ3n) is 3.81. The van der Waals surface area contributed by atoms with E-state index in [1.807, 2.05) is 11.3 Å². The van der Waals surface area contributed by atoms with Gasteiger partial charge in [0.05, 0.1) is 0 Å². The first-order chi connectivity index (χ1) is 9.43. The highest BCUT2D eigenvalue weighted by Gasteiger charge is 2.23. The summed E-state index contributed by atoms with van der Waals surface area (Å²) in [7, 11) is 2.24.